The standard InChI is InChI=1S/C15H19NO.C7H5F3N4/c1-2-4-12-6-15(5-11(12)3-1)16-7-13-9-17-10-14(13)8-16;8-7(9,10)4-1-3-5(11)12-2-13-6(3)14-4/h1-4,13-15H,5-10H2;1-2H,(H3,11,12,13,14)/t13-,14?;/m0./s1. The molecule has 6 nitrogen and oxygen atoms in total. The molecule has 3 aliphatic rings. The molecule has 3 aromatic rings. The maximum Gasteiger partial charge on any atom is 0.431 e. The van der Waals surface area contributed by atoms with Gasteiger partial charge in [-0.2, -0.15) is 13.2 Å². The maximum absolute atomic E-state index is 12.2. The summed E-state index contributed by atoms with van der Waals surface area (Å²) in [5, 5.41) is 0.180. The highest BCUT2D eigenvalue weighted by Crippen LogP contribution is 2.34. The fraction of sp³-hybridized carbons (Fsp3) is 0.455. The molecule has 1 aromatic carbocycles. The molecular formula is C22H24F3N5O. The Morgan fingerprint density at radius 2 is 1.68 bits per heavy atom. The van der Waals surface area contributed by atoms with Crippen molar-refractivity contribution in [1.29, 1.82) is 0 Å². The number of fused-ring (bicyclic) bond motifs is 3. The number of benzene rings is 1. The van der Waals surface area contributed by atoms with Crippen LogP contribution in [0, 0.1) is 11.8 Å². The molecule has 1 aliphatic carbocycles. The molecule has 2 saturated heterocycles. The molecule has 0 radical (unpaired) electrons. The molecule has 2 fully saturated rings. The van der Waals surface area contributed by atoms with E-state index in [1.54, 1.807) is 11.1 Å². The smallest absolute Gasteiger partial charge is 0.383 e. The Labute approximate surface area is 177 Å². The van der Waals surface area contributed by atoms with Gasteiger partial charge >= 0.3 is 6.18 Å². The third-order valence-electron chi connectivity index (χ3n) is 6.58. The van der Waals surface area contributed by atoms with Crippen LogP contribution in [0.15, 0.2) is 36.7 Å². The van der Waals surface area contributed by atoms with Crippen LogP contribution in [-0.2, 0) is 23.8 Å². The summed E-state index contributed by atoms with van der Waals surface area (Å²) in [6, 6.07) is 10.6. The second kappa shape index (κ2) is 7.80. The van der Waals surface area contributed by atoms with Crippen molar-refractivity contribution >= 4 is 16.9 Å². The summed E-state index contributed by atoms with van der Waals surface area (Å²) in [6.45, 7) is 4.54. The molecule has 0 bridgehead atoms. The van der Waals surface area contributed by atoms with Gasteiger partial charge in [0.25, 0.3) is 0 Å². The van der Waals surface area contributed by atoms with Crippen LogP contribution in [0.2, 0.25) is 0 Å². The van der Waals surface area contributed by atoms with Crippen LogP contribution in [0.25, 0.3) is 11.0 Å². The minimum atomic E-state index is -4.42. The van der Waals surface area contributed by atoms with Gasteiger partial charge in [0.05, 0.1) is 18.6 Å². The van der Waals surface area contributed by atoms with Gasteiger partial charge < -0.3 is 15.5 Å². The van der Waals surface area contributed by atoms with E-state index in [0.29, 0.717) is 0 Å². The molecule has 0 spiro atoms. The Morgan fingerprint density at radius 1 is 1.03 bits per heavy atom. The van der Waals surface area contributed by atoms with E-state index in [4.69, 9.17) is 10.5 Å². The number of aromatic amines is 1. The van der Waals surface area contributed by atoms with Crippen molar-refractivity contribution < 1.29 is 17.9 Å². The van der Waals surface area contributed by atoms with Gasteiger partial charge in [0.2, 0.25) is 0 Å². The fourth-order valence-corrected chi connectivity index (χ4v) is 4.93. The summed E-state index contributed by atoms with van der Waals surface area (Å²) < 4.78 is 42.3. The van der Waals surface area contributed by atoms with Crippen molar-refractivity contribution in [2.24, 2.45) is 11.8 Å². The summed E-state index contributed by atoms with van der Waals surface area (Å²) in [7, 11) is 0. The van der Waals surface area contributed by atoms with Gasteiger partial charge in [-0.05, 0) is 30.0 Å². The van der Waals surface area contributed by atoms with E-state index in [9.17, 15) is 13.2 Å². The van der Waals surface area contributed by atoms with E-state index in [2.05, 4.69) is 44.1 Å². The molecule has 31 heavy (non-hydrogen) atoms. The normalized spacial score (nSPS) is 23.6. The van der Waals surface area contributed by atoms with Gasteiger partial charge in [0, 0.05) is 31.0 Å². The highest BCUT2D eigenvalue weighted by molar-refractivity contribution is 5.86. The summed E-state index contributed by atoms with van der Waals surface area (Å²) in [5.41, 5.74) is 7.74. The van der Waals surface area contributed by atoms with E-state index < -0.39 is 11.9 Å². The number of hydrogen-bond donors (Lipinski definition) is 2. The van der Waals surface area contributed by atoms with Crippen molar-refractivity contribution in [1.82, 2.24) is 19.9 Å². The summed E-state index contributed by atoms with van der Waals surface area (Å²) in [4.78, 5) is 12.1. The first-order chi connectivity index (χ1) is 14.9. The molecule has 1 unspecified atom stereocenters. The number of anilines is 1. The Bertz CT molecular complexity index is 1050. The van der Waals surface area contributed by atoms with Crippen molar-refractivity contribution in [2.75, 3.05) is 32.0 Å². The number of nitrogens with two attached hydrogens (primary N) is 1. The second-order valence-corrected chi connectivity index (χ2v) is 8.54. The first-order valence-electron chi connectivity index (χ1n) is 10.4. The van der Waals surface area contributed by atoms with Crippen LogP contribution < -0.4 is 5.73 Å². The summed E-state index contributed by atoms with van der Waals surface area (Å²) >= 11 is 0. The summed E-state index contributed by atoms with van der Waals surface area (Å²) in [5.74, 6) is 1.67. The number of H-pyrrole nitrogens is 1. The van der Waals surface area contributed by atoms with Crippen LogP contribution in [0.4, 0.5) is 19.0 Å². The SMILES string of the molecule is Nc1ncnc2[nH]c(C(F)(F)F)cc12.c1ccc2c(c1)CC(N1CC3COC[C@@H]3C1)C2. The van der Waals surface area contributed by atoms with E-state index in [-0.39, 0.29) is 16.9 Å². The monoisotopic (exact) mass is 431 g/mol. The average Bonchev–Trinajstić information content (AvgIpc) is 3.48. The number of nitrogen functional groups attached to an aromatic ring is 1. The van der Waals surface area contributed by atoms with Crippen LogP contribution in [0.1, 0.15) is 16.8 Å². The minimum absolute atomic E-state index is 0.0294. The van der Waals surface area contributed by atoms with Crippen LogP contribution in [0.3, 0.4) is 0 Å². The molecule has 3 N–H and O–H groups in total. The van der Waals surface area contributed by atoms with Gasteiger partial charge in [-0.15, -0.1) is 0 Å². The topological polar surface area (TPSA) is 80.1 Å². The molecule has 2 aromatic heterocycles. The molecule has 2 atom stereocenters. The molecule has 0 saturated carbocycles. The molecular weight excluding hydrogens is 407 g/mol. The van der Waals surface area contributed by atoms with Crippen molar-refractivity contribution in [3.8, 4) is 0 Å². The number of likely N-dealkylation sites (tertiary alicyclic amines) is 1. The highest BCUT2D eigenvalue weighted by atomic mass is 19.4. The number of nitrogens with one attached hydrogen (secondary N) is 1. The minimum Gasteiger partial charge on any atom is -0.383 e. The zero-order valence-electron chi connectivity index (χ0n) is 16.9. The number of aromatic nitrogens is 3. The maximum atomic E-state index is 12.2. The lowest BCUT2D eigenvalue weighted by molar-refractivity contribution is -0.140. The average molecular weight is 431 g/mol. The first kappa shape index (κ1) is 20.3. The van der Waals surface area contributed by atoms with E-state index in [1.165, 1.54) is 25.9 Å². The zero-order chi connectivity index (χ0) is 21.6. The van der Waals surface area contributed by atoms with E-state index in [0.717, 1.165) is 43.5 Å². The van der Waals surface area contributed by atoms with Gasteiger partial charge in [-0.25, -0.2) is 9.97 Å². The highest BCUT2D eigenvalue weighted by Gasteiger charge is 2.40. The Balaban J connectivity index is 0.000000135. The van der Waals surface area contributed by atoms with Gasteiger partial charge in [0.1, 0.15) is 23.5 Å². The summed E-state index contributed by atoms with van der Waals surface area (Å²) in [6.07, 6.45) is -0.797. The molecule has 9 heteroatoms. The number of nitrogens with zero attached hydrogens (tertiary/aromatic N) is 3. The van der Waals surface area contributed by atoms with E-state index >= 15 is 0 Å². The molecule has 6 rings (SSSR count). The van der Waals surface area contributed by atoms with E-state index in [1.807, 2.05) is 0 Å². The zero-order valence-corrected chi connectivity index (χ0v) is 16.9. The number of hydrogen-bond acceptors (Lipinski definition) is 5. The van der Waals surface area contributed by atoms with Crippen LogP contribution in [-0.4, -0.2) is 52.2 Å². The second-order valence-electron chi connectivity index (χ2n) is 8.54. The van der Waals surface area contributed by atoms with Gasteiger partial charge in [0.15, 0.2) is 0 Å². The molecule has 4 heterocycles. The third kappa shape index (κ3) is 3.99. The Morgan fingerprint density at radius 3 is 2.26 bits per heavy atom. The van der Waals surface area contributed by atoms with Gasteiger partial charge in [-0.3, -0.25) is 4.90 Å². The number of rotatable bonds is 1. The lowest BCUT2D eigenvalue weighted by atomic mass is 10.0. The first-order valence-corrected chi connectivity index (χ1v) is 10.4. The van der Waals surface area contributed by atoms with Crippen LogP contribution >= 0.6 is 0 Å². The number of halogens is 3. The fourth-order valence-electron chi connectivity index (χ4n) is 4.93. The van der Waals surface area contributed by atoms with Crippen molar-refractivity contribution in [3.63, 3.8) is 0 Å². The largest absolute Gasteiger partial charge is 0.431 e. The third-order valence-corrected chi connectivity index (χ3v) is 6.58. The van der Waals surface area contributed by atoms with Crippen LogP contribution in [0.5, 0.6) is 0 Å². The number of alkyl halides is 3. The number of ether oxygens (including phenoxy) is 1. The Hall–Kier alpha value is -2.65. The molecule has 164 valence electrons. The van der Waals surface area contributed by atoms with Crippen molar-refractivity contribution in [2.45, 2.75) is 25.1 Å². The lowest BCUT2D eigenvalue weighted by Gasteiger charge is -2.24. The molecule has 0 amide bonds. The lowest BCUT2D eigenvalue weighted by Crippen LogP contribution is -2.35. The van der Waals surface area contributed by atoms with Gasteiger partial charge in [-0.1, -0.05) is 24.3 Å². The predicted octanol–water partition coefficient (Wildman–Crippen LogP) is 3.29. The quantitative estimate of drug-likeness (QED) is 0.618. The molecule has 2 aliphatic heterocycles. The predicted molar refractivity (Wildman–Crippen MR) is 110 cm³/mol. The van der Waals surface area contributed by atoms with Crippen molar-refractivity contribution in [3.05, 3.63) is 53.5 Å². The Kier molecular flexibility index (Phi) is 5.10.